The van der Waals surface area contributed by atoms with Gasteiger partial charge in [0.25, 0.3) is 0 Å². The molecule has 0 heterocycles. The molecule has 1 rings (SSSR count). The van der Waals surface area contributed by atoms with Gasteiger partial charge in [0.2, 0.25) is 0 Å². The molecule has 17 heavy (non-hydrogen) atoms. The highest BCUT2D eigenvalue weighted by Gasteiger charge is 2.31. The number of nitrogens with one attached hydrogen (secondary N) is 1. The number of benzene rings is 1. The van der Waals surface area contributed by atoms with E-state index in [1.165, 1.54) is 6.07 Å². The summed E-state index contributed by atoms with van der Waals surface area (Å²) in [6.07, 6.45) is -4.47. The Kier molecular flexibility index (Phi) is 4.14. The molecule has 0 unspecified atom stereocenters. The van der Waals surface area contributed by atoms with Gasteiger partial charge in [-0.2, -0.15) is 18.4 Å². The number of rotatable bonds is 1. The summed E-state index contributed by atoms with van der Waals surface area (Å²) in [5.74, 6) is 5.21. The van der Waals surface area contributed by atoms with Gasteiger partial charge < -0.3 is 5.32 Å². The quantitative estimate of drug-likeness (QED) is 0.761. The van der Waals surface area contributed by atoms with Crippen molar-refractivity contribution in [3.63, 3.8) is 0 Å². The monoisotopic (exact) mass is 238 g/mol. The van der Waals surface area contributed by atoms with Gasteiger partial charge in [0.15, 0.2) is 0 Å². The summed E-state index contributed by atoms with van der Waals surface area (Å²) in [4.78, 5) is 0. The van der Waals surface area contributed by atoms with Crippen LogP contribution in [0.2, 0.25) is 0 Å². The zero-order chi connectivity index (χ0) is 12.9. The van der Waals surface area contributed by atoms with Crippen molar-refractivity contribution < 1.29 is 13.2 Å². The van der Waals surface area contributed by atoms with Gasteiger partial charge in [-0.3, -0.25) is 0 Å². The zero-order valence-corrected chi connectivity index (χ0v) is 9.02. The van der Waals surface area contributed by atoms with Crippen LogP contribution in [0, 0.1) is 23.2 Å². The number of nitrogens with zero attached hydrogens (tertiary/aromatic N) is 1. The number of hydrogen-bond acceptors (Lipinski definition) is 2. The van der Waals surface area contributed by atoms with Crippen LogP contribution in [0.3, 0.4) is 0 Å². The lowest BCUT2D eigenvalue weighted by molar-refractivity contribution is -0.137. The third-order valence-corrected chi connectivity index (χ3v) is 1.89. The van der Waals surface area contributed by atoms with Crippen LogP contribution in [0.25, 0.3) is 0 Å². The topological polar surface area (TPSA) is 35.8 Å². The van der Waals surface area contributed by atoms with E-state index < -0.39 is 11.7 Å². The second-order valence-electron chi connectivity index (χ2n) is 3.24. The molecule has 1 aromatic rings. The highest BCUT2D eigenvalue weighted by atomic mass is 19.4. The van der Waals surface area contributed by atoms with Crippen LogP contribution in [0.5, 0.6) is 0 Å². The molecule has 0 saturated carbocycles. The molecule has 0 bridgehead atoms. The summed E-state index contributed by atoms with van der Waals surface area (Å²) in [7, 11) is 1.68. The van der Waals surface area contributed by atoms with Gasteiger partial charge in [0, 0.05) is 5.56 Å². The van der Waals surface area contributed by atoms with Crippen LogP contribution in [-0.4, -0.2) is 13.6 Å². The third kappa shape index (κ3) is 3.82. The lowest BCUT2D eigenvalue weighted by Crippen LogP contribution is -2.06. The second-order valence-corrected chi connectivity index (χ2v) is 3.24. The zero-order valence-electron chi connectivity index (χ0n) is 9.02. The minimum atomic E-state index is -4.47. The van der Waals surface area contributed by atoms with E-state index >= 15 is 0 Å². The van der Waals surface area contributed by atoms with Crippen LogP contribution >= 0.6 is 0 Å². The van der Waals surface area contributed by atoms with Gasteiger partial charge in [0.05, 0.1) is 23.7 Å². The summed E-state index contributed by atoms with van der Waals surface area (Å²) in [5.41, 5.74) is -0.717. The van der Waals surface area contributed by atoms with Crippen molar-refractivity contribution >= 4 is 0 Å². The molecule has 1 N–H and O–H groups in total. The number of alkyl halides is 3. The summed E-state index contributed by atoms with van der Waals surface area (Å²) >= 11 is 0. The van der Waals surface area contributed by atoms with Crippen molar-refractivity contribution in [3.05, 3.63) is 34.9 Å². The van der Waals surface area contributed by atoms with Gasteiger partial charge in [-0.1, -0.05) is 11.8 Å². The molecule has 0 aliphatic heterocycles. The van der Waals surface area contributed by atoms with Crippen molar-refractivity contribution in [2.75, 3.05) is 13.6 Å². The Morgan fingerprint density at radius 1 is 1.24 bits per heavy atom. The Morgan fingerprint density at radius 3 is 2.41 bits per heavy atom. The predicted octanol–water partition coefficient (Wildman–Crippen LogP) is 2.15. The Hall–Kier alpha value is -1.98. The van der Waals surface area contributed by atoms with E-state index in [1.807, 2.05) is 0 Å². The Balaban J connectivity index is 3.17. The van der Waals surface area contributed by atoms with Gasteiger partial charge in [-0.05, 0) is 25.2 Å². The molecule has 0 saturated heterocycles. The van der Waals surface area contributed by atoms with Crippen molar-refractivity contribution in [2.45, 2.75) is 6.18 Å². The average Bonchev–Trinajstić information content (AvgIpc) is 2.28. The maximum Gasteiger partial charge on any atom is 0.416 e. The first-order valence-corrected chi connectivity index (χ1v) is 4.73. The minimum absolute atomic E-state index is 0.0476. The lowest BCUT2D eigenvalue weighted by atomic mass is 10.1. The summed E-state index contributed by atoms with van der Waals surface area (Å²) in [5, 5.41) is 11.4. The summed E-state index contributed by atoms with van der Waals surface area (Å²) in [6.45, 7) is 0.373. The van der Waals surface area contributed by atoms with Gasteiger partial charge >= 0.3 is 6.18 Å². The molecule has 0 aliphatic rings. The van der Waals surface area contributed by atoms with E-state index in [1.54, 1.807) is 13.1 Å². The molecule has 0 amide bonds. The molecule has 0 aliphatic carbocycles. The molecule has 5 heteroatoms. The third-order valence-electron chi connectivity index (χ3n) is 1.89. The largest absolute Gasteiger partial charge is 0.416 e. The highest BCUT2D eigenvalue weighted by Crippen LogP contribution is 2.30. The van der Waals surface area contributed by atoms with Crippen LogP contribution < -0.4 is 5.32 Å². The van der Waals surface area contributed by atoms with Gasteiger partial charge in [-0.25, -0.2) is 0 Å². The fourth-order valence-electron chi connectivity index (χ4n) is 1.16. The van der Waals surface area contributed by atoms with E-state index in [0.29, 0.717) is 6.54 Å². The van der Waals surface area contributed by atoms with Crippen molar-refractivity contribution in [2.24, 2.45) is 0 Å². The first kappa shape index (κ1) is 13.1. The van der Waals surface area contributed by atoms with Crippen molar-refractivity contribution in [1.82, 2.24) is 5.32 Å². The van der Waals surface area contributed by atoms with Crippen molar-refractivity contribution in [1.29, 1.82) is 5.26 Å². The number of halogens is 3. The van der Waals surface area contributed by atoms with Crippen LogP contribution in [0.4, 0.5) is 13.2 Å². The normalized spacial score (nSPS) is 10.3. The maximum absolute atomic E-state index is 12.5. The molecular weight excluding hydrogens is 229 g/mol. The van der Waals surface area contributed by atoms with E-state index in [-0.39, 0.29) is 11.1 Å². The van der Waals surface area contributed by atoms with Gasteiger partial charge in [0.1, 0.15) is 0 Å². The van der Waals surface area contributed by atoms with E-state index in [4.69, 9.17) is 5.26 Å². The van der Waals surface area contributed by atoms with Crippen LogP contribution in [-0.2, 0) is 6.18 Å². The Morgan fingerprint density at radius 2 is 1.88 bits per heavy atom. The SMILES string of the molecule is CNCC#Cc1cc(C#N)cc(C(F)(F)F)c1. The Bertz CT molecular complexity index is 501. The van der Waals surface area contributed by atoms with Crippen LogP contribution in [0.15, 0.2) is 18.2 Å². The molecule has 0 atom stereocenters. The van der Waals surface area contributed by atoms with E-state index in [0.717, 1.165) is 12.1 Å². The number of nitriles is 1. The highest BCUT2D eigenvalue weighted by molar-refractivity contribution is 5.45. The van der Waals surface area contributed by atoms with Gasteiger partial charge in [-0.15, -0.1) is 0 Å². The smallest absolute Gasteiger partial charge is 0.309 e. The molecule has 1 aromatic carbocycles. The molecule has 0 spiro atoms. The fraction of sp³-hybridized carbons (Fsp3) is 0.250. The maximum atomic E-state index is 12.5. The molecule has 0 fully saturated rings. The van der Waals surface area contributed by atoms with E-state index in [2.05, 4.69) is 17.2 Å². The predicted molar refractivity (Wildman–Crippen MR) is 57.0 cm³/mol. The standard InChI is InChI=1S/C12H9F3N2/c1-17-4-2-3-9-5-10(8-16)7-11(6-9)12(13,14)15/h5-7,17H,4H2,1H3. The minimum Gasteiger partial charge on any atom is -0.309 e. The molecular formula is C12H9F3N2. The molecule has 88 valence electrons. The fourth-order valence-corrected chi connectivity index (χ4v) is 1.16. The Labute approximate surface area is 97.1 Å². The van der Waals surface area contributed by atoms with E-state index in [9.17, 15) is 13.2 Å². The first-order valence-electron chi connectivity index (χ1n) is 4.73. The lowest BCUT2D eigenvalue weighted by Gasteiger charge is -2.07. The molecule has 0 radical (unpaired) electrons. The number of hydrogen-bond donors (Lipinski definition) is 1. The molecule has 0 aromatic heterocycles. The second kappa shape index (κ2) is 5.38. The van der Waals surface area contributed by atoms with Crippen LogP contribution in [0.1, 0.15) is 16.7 Å². The first-order chi connectivity index (χ1) is 7.97. The van der Waals surface area contributed by atoms with Crippen molar-refractivity contribution in [3.8, 4) is 17.9 Å². The summed E-state index contributed by atoms with van der Waals surface area (Å²) in [6, 6.07) is 4.76. The summed E-state index contributed by atoms with van der Waals surface area (Å²) < 4.78 is 37.5. The molecule has 2 nitrogen and oxygen atoms in total. The average molecular weight is 238 g/mol.